The van der Waals surface area contributed by atoms with E-state index in [-0.39, 0.29) is 12.3 Å². The second-order valence-corrected chi connectivity index (χ2v) is 6.57. The van der Waals surface area contributed by atoms with Crippen LogP contribution in [-0.4, -0.2) is 36.3 Å². The minimum absolute atomic E-state index is 0.193. The van der Waals surface area contributed by atoms with E-state index in [4.69, 9.17) is 9.47 Å². The molecule has 0 radical (unpaired) electrons. The molecule has 2 rings (SSSR count). The Morgan fingerprint density at radius 2 is 2.00 bits per heavy atom. The van der Waals surface area contributed by atoms with Gasteiger partial charge in [-0.25, -0.2) is 9.78 Å². The van der Waals surface area contributed by atoms with Crippen molar-refractivity contribution in [2.45, 2.75) is 26.0 Å². The molecule has 1 unspecified atom stereocenters. The molecule has 0 aliphatic carbocycles. The summed E-state index contributed by atoms with van der Waals surface area (Å²) in [5.41, 5.74) is -0.0903. The van der Waals surface area contributed by atoms with E-state index in [1.807, 2.05) is 30.3 Å². The highest BCUT2D eigenvalue weighted by atomic mass is 32.1. The maximum atomic E-state index is 12.6. The highest BCUT2D eigenvalue weighted by molar-refractivity contribution is 7.09. The quantitative estimate of drug-likeness (QED) is 0.437. The van der Waals surface area contributed by atoms with Crippen LogP contribution >= 0.6 is 11.3 Å². The SMILES string of the molecule is C=C(C)C(NC(=O)c1csc(Cc2ccccc2)n1)(OCC)C(=O)OC. The van der Waals surface area contributed by atoms with Crippen LogP contribution in [0.3, 0.4) is 0 Å². The Labute approximate surface area is 156 Å². The lowest BCUT2D eigenvalue weighted by atomic mass is 10.1. The number of methoxy groups -OCH3 is 1. The molecule has 1 heterocycles. The number of ether oxygens (including phenoxy) is 2. The lowest BCUT2D eigenvalue weighted by Gasteiger charge is -2.31. The van der Waals surface area contributed by atoms with Gasteiger partial charge < -0.3 is 14.8 Å². The molecule has 1 aromatic heterocycles. The zero-order valence-corrected chi connectivity index (χ0v) is 15.9. The summed E-state index contributed by atoms with van der Waals surface area (Å²) in [6.07, 6.45) is 0.632. The summed E-state index contributed by atoms with van der Waals surface area (Å²) in [5.74, 6) is -1.26. The minimum Gasteiger partial charge on any atom is -0.465 e. The summed E-state index contributed by atoms with van der Waals surface area (Å²) in [6.45, 7) is 7.27. The van der Waals surface area contributed by atoms with E-state index in [1.54, 1.807) is 19.2 Å². The zero-order chi connectivity index (χ0) is 19.2. The van der Waals surface area contributed by atoms with Gasteiger partial charge in [0, 0.05) is 18.4 Å². The van der Waals surface area contributed by atoms with Gasteiger partial charge in [0.15, 0.2) is 0 Å². The lowest BCUT2D eigenvalue weighted by molar-refractivity contribution is -0.166. The summed E-state index contributed by atoms with van der Waals surface area (Å²) in [5, 5.41) is 5.04. The standard InChI is InChI=1S/C19H22N2O4S/c1-5-25-19(13(2)3,18(23)24-4)21-17(22)15-12-26-16(20-15)11-14-9-7-6-8-10-14/h6-10,12H,2,5,11H2,1,3-4H3,(H,21,22). The van der Waals surface area contributed by atoms with Gasteiger partial charge in [0.05, 0.1) is 12.1 Å². The molecule has 1 N–H and O–H groups in total. The summed E-state index contributed by atoms with van der Waals surface area (Å²) < 4.78 is 10.3. The van der Waals surface area contributed by atoms with Crippen LogP contribution in [0.2, 0.25) is 0 Å². The Kier molecular flexibility index (Phi) is 6.65. The third kappa shape index (κ3) is 4.36. The fourth-order valence-electron chi connectivity index (χ4n) is 2.40. The number of hydrogen-bond donors (Lipinski definition) is 1. The first-order valence-electron chi connectivity index (χ1n) is 8.12. The molecule has 7 heteroatoms. The van der Waals surface area contributed by atoms with Crippen LogP contribution in [0.5, 0.6) is 0 Å². The van der Waals surface area contributed by atoms with Gasteiger partial charge in [-0.2, -0.15) is 0 Å². The predicted octanol–water partition coefficient (Wildman–Crippen LogP) is 2.95. The van der Waals surface area contributed by atoms with Crippen LogP contribution in [0.25, 0.3) is 0 Å². The molecule has 6 nitrogen and oxygen atoms in total. The first-order valence-corrected chi connectivity index (χ1v) is 9.00. The van der Waals surface area contributed by atoms with Crippen LogP contribution in [-0.2, 0) is 20.7 Å². The zero-order valence-electron chi connectivity index (χ0n) is 15.1. The topological polar surface area (TPSA) is 77.5 Å². The van der Waals surface area contributed by atoms with E-state index < -0.39 is 17.6 Å². The minimum atomic E-state index is -1.73. The molecule has 0 bridgehead atoms. The van der Waals surface area contributed by atoms with Crippen molar-refractivity contribution in [3.63, 3.8) is 0 Å². The average Bonchev–Trinajstić information content (AvgIpc) is 3.09. The Bertz CT molecular complexity index is 788. The molecule has 0 spiro atoms. The van der Waals surface area contributed by atoms with E-state index in [1.165, 1.54) is 18.4 Å². The van der Waals surface area contributed by atoms with Gasteiger partial charge in [0.2, 0.25) is 0 Å². The maximum Gasteiger partial charge on any atom is 0.364 e. The fraction of sp³-hybridized carbons (Fsp3) is 0.316. The Balaban J connectivity index is 2.19. The molecule has 1 atom stereocenters. The van der Waals surface area contributed by atoms with Crippen molar-refractivity contribution in [1.82, 2.24) is 10.3 Å². The van der Waals surface area contributed by atoms with Gasteiger partial charge in [0.25, 0.3) is 11.6 Å². The number of esters is 1. The van der Waals surface area contributed by atoms with Gasteiger partial charge in [-0.15, -0.1) is 11.3 Å². The van der Waals surface area contributed by atoms with E-state index in [2.05, 4.69) is 16.9 Å². The number of carbonyl (C=O) groups excluding carboxylic acids is 2. The molecule has 1 aromatic carbocycles. The van der Waals surface area contributed by atoms with Crippen LogP contribution < -0.4 is 5.32 Å². The van der Waals surface area contributed by atoms with Crippen LogP contribution in [0.15, 0.2) is 47.9 Å². The Morgan fingerprint density at radius 3 is 2.58 bits per heavy atom. The molecule has 0 aliphatic heterocycles. The number of aromatic nitrogens is 1. The number of amides is 1. The molecule has 0 saturated heterocycles. The van der Waals surface area contributed by atoms with Crippen molar-refractivity contribution in [2.75, 3.05) is 13.7 Å². The van der Waals surface area contributed by atoms with Crippen molar-refractivity contribution >= 4 is 23.2 Å². The van der Waals surface area contributed by atoms with Crippen molar-refractivity contribution in [2.24, 2.45) is 0 Å². The second kappa shape index (κ2) is 8.73. The molecule has 0 aliphatic rings. The number of benzene rings is 1. The molecule has 138 valence electrons. The number of hydrogen-bond acceptors (Lipinski definition) is 6. The van der Waals surface area contributed by atoms with Crippen LogP contribution in [0, 0.1) is 0 Å². The Hall–Kier alpha value is -2.51. The van der Waals surface area contributed by atoms with Crippen molar-refractivity contribution in [3.05, 3.63) is 64.1 Å². The molecule has 0 fully saturated rings. The third-order valence-corrected chi connectivity index (χ3v) is 4.56. The molecular formula is C19H22N2O4S. The second-order valence-electron chi connectivity index (χ2n) is 5.63. The summed E-state index contributed by atoms with van der Waals surface area (Å²) in [6, 6.07) is 9.85. The number of rotatable bonds is 8. The average molecular weight is 374 g/mol. The van der Waals surface area contributed by atoms with Gasteiger partial charge >= 0.3 is 5.97 Å². The highest BCUT2D eigenvalue weighted by Crippen LogP contribution is 2.21. The molecule has 1 amide bonds. The summed E-state index contributed by atoms with van der Waals surface area (Å²) in [4.78, 5) is 29.2. The molecular weight excluding hydrogens is 352 g/mol. The van der Waals surface area contributed by atoms with Gasteiger partial charge in [-0.05, 0) is 25.0 Å². The number of nitrogens with one attached hydrogen (secondary N) is 1. The third-order valence-electron chi connectivity index (χ3n) is 3.71. The van der Waals surface area contributed by atoms with E-state index in [0.717, 1.165) is 10.6 Å². The molecule has 26 heavy (non-hydrogen) atoms. The number of carbonyl (C=O) groups is 2. The first-order chi connectivity index (χ1) is 12.4. The fourth-order valence-corrected chi connectivity index (χ4v) is 3.21. The molecule has 2 aromatic rings. The van der Waals surface area contributed by atoms with Gasteiger partial charge in [-0.3, -0.25) is 4.79 Å². The predicted molar refractivity (Wildman–Crippen MR) is 100 cm³/mol. The smallest absolute Gasteiger partial charge is 0.364 e. The lowest BCUT2D eigenvalue weighted by Crippen LogP contribution is -2.58. The van der Waals surface area contributed by atoms with Crippen molar-refractivity contribution in [1.29, 1.82) is 0 Å². The first kappa shape index (κ1) is 19.8. The van der Waals surface area contributed by atoms with Gasteiger partial charge in [-0.1, -0.05) is 36.9 Å². The number of thiazole rings is 1. The molecule has 0 saturated carbocycles. The maximum absolute atomic E-state index is 12.6. The van der Waals surface area contributed by atoms with Crippen molar-refractivity contribution in [3.8, 4) is 0 Å². The van der Waals surface area contributed by atoms with E-state index >= 15 is 0 Å². The van der Waals surface area contributed by atoms with Crippen LogP contribution in [0.4, 0.5) is 0 Å². The largest absolute Gasteiger partial charge is 0.465 e. The van der Waals surface area contributed by atoms with E-state index in [0.29, 0.717) is 12.0 Å². The summed E-state index contributed by atoms with van der Waals surface area (Å²) in [7, 11) is 1.23. The van der Waals surface area contributed by atoms with Crippen LogP contribution in [0.1, 0.15) is 34.9 Å². The highest BCUT2D eigenvalue weighted by Gasteiger charge is 2.44. The van der Waals surface area contributed by atoms with Crippen molar-refractivity contribution < 1.29 is 19.1 Å². The summed E-state index contributed by atoms with van der Waals surface area (Å²) >= 11 is 1.38. The normalized spacial score (nSPS) is 12.9. The van der Waals surface area contributed by atoms with E-state index in [9.17, 15) is 9.59 Å². The van der Waals surface area contributed by atoms with Gasteiger partial charge in [0.1, 0.15) is 5.69 Å². The monoisotopic (exact) mass is 374 g/mol. The number of nitrogens with zero attached hydrogens (tertiary/aromatic N) is 1. The Morgan fingerprint density at radius 1 is 1.31 bits per heavy atom.